The van der Waals surface area contributed by atoms with Crippen molar-refractivity contribution >= 4 is 29.9 Å². The highest BCUT2D eigenvalue weighted by Crippen LogP contribution is 2.17. The Labute approximate surface area is 160 Å². The van der Waals surface area contributed by atoms with E-state index in [4.69, 9.17) is 4.74 Å². The summed E-state index contributed by atoms with van der Waals surface area (Å²) in [4.78, 5) is 9.13. The Bertz CT molecular complexity index is 551. The van der Waals surface area contributed by atoms with Gasteiger partial charge in [0.25, 0.3) is 0 Å². The van der Waals surface area contributed by atoms with E-state index < -0.39 is 0 Å². The predicted octanol–water partition coefficient (Wildman–Crippen LogP) is 1.93. The lowest BCUT2D eigenvalue weighted by Gasteiger charge is -2.32. The minimum absolute atomic E-state index is 0. The Morgan fingerprint density at radius 2 is 2.04 bits per heavy atom. The largest absolute Gasteiger partial charge is 0.379 e. The molecule has 0 spiro atoms. The number of benzene rings is 1. The molecule has 1 unspecified atom stereocenters. The van der Waals surface area contributed by atoms with E-state index in [9.17, 15) is 4.39 Å². The van der Waals surface area contributed by atoms with E-state index in [1.54, 1.807) is 19.2 Å². The number of aliphatic imine (C=N–C) groups is 1. The van der Waals surface area contributed by atoms with Crippen LogP contribution in [0.5, 0.6) is 0 Å². The number of ether oxygens (including phenoxy) is 1. The smallest absolute Gasteiger partial charge is 0.193 e. The first-order chi connectivity index (χ1) is 11.3. The normalized spacial score (nSPS) is 22.3. The highest BCUT2D eigenvalue weighted by Gasteiger charge is 2.30. The van der Waals surface area contributed by atoms with Crippen molar-refractivity contribution in [2.75, 3.05) is 46.4 Å². The van der Waals surface area contributed by atoms with Crippen molar-refractivity contribution in [1.29, 1.82) is 0 Å². The Kier molecular flexibility index (Phi) is 7.70. The predicted molar refractivity (Wildman–Crippen MR) is 104 cm³/mol. The number of hydrogen-bond acceptors (Lipinski definition) is 3. The number of nitrogens with one attached hydrogen (secondary N) is 1. The molecule has 1 aromatic rings. The van der Waals surface area contributed by atoms with E-state index in [-0.39, 0.29) is 29.8 Å². The van der Waals surface area contributed by atoms with Gasteiger partial charge in [-0.05, 0) is 12.5 Å². The zero-order valence-electron chi connectivity index (χ0n) is 14.1. The van der Waals surface area contributed by atoms with Gasteiger partial charge in [0.2, 0.25) is 0 Å². The number of likely N-dealkylation sites (tertiary alicyclic amines) is 1. The van der Waals surface area contributed by atoms with E-state index in [0.29, 0.717) is 18.2 Å². The van der Waals surface area contributed by atoms with Crippen molar-refractivity contribution in [1.82, 2.24) is 15.1 Å². The van der Waals surface area contributed by atoms with Crippen LogP contribution in [0.3, 0.4) is 0 Å². The van der Waals surface area contributed by atoms with Gasteiger partial charge >= 0.3 is 0 Å². The zero-order valence-corrected chi connectivity index (χ0v) is 16.4. The highest BCUT2D eigenvalue weighted by molar-refractivity contribution is 14.0. The molecule has 1 atom stereocenters. The molecule has 0 radical (unpaired) electrons. The summed E-state index contributed by atoms with van der Waals surface area (Å²) >= 11 is 0. The number of nitrogens with zero attached hydrogens (tertiary/aromatic N) is 3. The molecule has 2 aliphatic heterocycles. The molecule has 2 aliphatic rings. The maximum atomic E-state index is 13.7. The van der Waals surface area contributed by atoms with E-state index in [2.05, 4.69) is 20.1 Å². The van der Waals surface area contributed by atoms with Crippen LogP contribution in [0.4, 0.5) is 4.39 Å². The highest BCUT2D eigenvalue weighted by atomic mass is 127. The van der Waals surface area contributed by atoms with Gasteiger partial charge in [-0.3, -0.25) is 9.89 Å². The van der Waals surface area contributed by atoms with Crippen molar-refractivity contribution < 1.29 is 9.13 Å². The monoisotopic (exact) mass is 448 g/mol. The van der Waals surface area contributed by atoms with E-state index in [1.165, 1.54) is 6.07 Å². The summed E-state index contributed by atoms with van der Waals surface area (Å²) in [7, 11) is 1.78. The van der Waals surface area contributed by atoms with Gasteiger partial charge in [0.15, 0.2) is 5.96 Å². The summed E-state index contributed by atoms with van der Waals surface area (Å²) in [6.07, 6.45) is 1.14. The number of hydrogen-bond donors (Lipinski definition) is 1. The average Bonchev–Trinajstić information content (AvgIpc) is 3.08. The molecule has 5 nitrogen and oxygen atoms in total. The number of halogens is 2. The SMILES string of the molecule is CN=C(NCc1ccccc1F)N1CCC(N2CCOCC2)C1.I. The Balaban J connectivity index is 0.00000208. The molecule has 2 saturated heterocycles. The molecule has 2 fully saturated rings. The second-order valence-electron chi connectivity index (χ2n) is 6.03. The molecule has 0 aliphatic carbocycles. The molecular weight excluding hydrogens is 422 g/mol. The summed E-state index contributed by atoms with van der Waals surface area (Å²) in [5.74, 6) is 0.673. The van der Waals surface area contributed by atoms with E-state index >= 15 is 0 Å². The Morgan fingerprint density at radius 3 is 2.75 bits per heavy atom. The molecule has 0 bridgehead atoms. The molecule has 0 aromatic heterocycles. The minimum Gasteiger partial charge on any atom is -0.379 e. The van der Waals surface area contributed by atoms with Gasteiger partial charge in [-0.1, -0.05) is 18.2 Å². The van der Waals surface area contributed by atoms with Gasteiger partial charge in [0.05, 0.1) is 13.2 Å². The third kappa shape index (κ3) is 4.80. The summed E-state index contributed by atoms with van der Waals surface area (Å²) in [5.41, 5.74) is 0.664. The summed E-state index contributed by atoms with van der Waals surface area (Å²) in [5, 5.41) is 3.28. The molecule has 7 heteroatoms. The minimum atomic E-state index is -0.178. The lowest BCUT2D eigenvalue weighted by molar-refractivity contribution is 0.0195. The lowest BCUT2D eigenvalue weighted by atomic mass is 10.2. The van der Waals surface area contributed by atoms with Gasteiger partial charge in [0.1, 0.15) is 5.82 Å². The van der Waals surface area contributed by atoms with Gasteiger partial charge in [-0.2, -0.15) is 0 Å². The lowest BCUT2D eigenvalue weighted by Crippen LogP contribution is -2.46. The van der Waals surface area contributed by atoms with Crippen LogP contribution in [0.1, 0.15) is 12.0 Å². The second-order valence-corrected chi connectivity index (χ2v) is 6.03. The fourth-order valence-electron chi connectivity index (χ4n) is 3.32. The first kappa shape index (κ1) is 19.4. The molecule has 0 amide bonds. The molecular formula is C17H26FIN4O. The summed E-state index contributed by atoms with van der Waals surface area (Å²) in [6.45, 7) is 6.10. The number of guanidine groups is 1. The molecule has 134 valence electrons. The van der Waals surface area contributed by atoms with Crippen LogP contribution in [0, 0.1) is 5.82 Å². The van der Waals surface area contributed by atoms with Crippen molar-refractivity contribution in [3.8, 4) is 0 Å². The third-order valence-corrected chi connectivity index (χ3v) is 4.63. The van der Waals surface area contributed by atoms with Crippen LogP contribution < -0.4 is 5.32 Å². The Hall–Kier alpha value is -0.930. The molecule has 24 heavy (non-hydrogen) atoms. The Morgan fingerprint density at radius 1 is 1.29 bits per heavy atom. The van der Waals surface area contributed by atoms with Crippen LogP contribution in [-0.2, 0) is 11.3 Å². The third-order valence-electron chi connectivity index (χ3n) is 4.63. The zero-order chi connectivity index (χ0) is 16.1. The molecule has 0 saturated carbocycles. The average molecular weight is 448 g/mol. The number of rotatable bonds is 3. The van der Waals surface area contributed by atoms with Crippen LogP contribution >= 0.6 is 24.0 Å². The summed E-state index contributed by atoms with van der Waals surface area (Å²) < 4.78 is 19.1. The fourth-order valence-corrected chi connectivity index (χ4v) is 3.32. The van der Waals surface area contributed by atoms with Crippen molar-refractivity contribution in [3.05, 3.63) is 35.6 Å². The fraction of sp³-hybridized carbons (Fsp3) is 0.588. The second kappa shape index (κ2) is 9.53. The number of morpholine rings is 1. The topological polar surface area (TPSA) is 40.1 Å². The van der Waals surface area contributed by atoms with Crippen LogP contribution in [0.25, 0.3) is 0 Å². The standard InChI is InChI=1S/C17H25FN4O.HI/c1-19-17(20-12-14-4-2-3-5-16(14)18)22-7-6-15(13-22)21-8-10-23-11-9-21;/h2-5,15H,6-13H2,1H3,(H,19,20);1H. The molecule has 1 N–H and O–H groups in total. The van der Waals surface area contributed by atoms with Gasteiger partial charge < -0.3 is 15.0 Å². The van der Waals surface area contributed by atoms with Crippen molar-refractivity contribution in [2.24, 2.45) is 4.99 Å². The summed E-state index contributed by atoms with van der Waals surface area (Å²) in [6, 6.07) is 7.42. The maximum absolute atomic E-state index is 13.7. The molecule has 3 rings (SSSR count). The molecule has 1 aromatic carbocycles. The van der Waals surface area contributed by atoms with Gasteiger partial charge in [0, 0.05) is 51.4 Å². The van der Waals surface area contributed by atoms with E-state index in [0.717, 1.165) is 51.8 Å². The van der Waals surface area contributed by atoms with Crippen LogP contribution in [0.2, 0.25) is 0 Å². The quantitative estimate of drug-likeness (QED) is 0.436. The van der Waals surface area contributed by atoms with E-state index in [1.807, 2.05) is 6.07 Å². The maximum Gasteiger partial charge on any atom is 0.193 e. The van der Waals surface area contributed by atoms with Gasteiger partial charge in [-0.15, -0.1) is 24.0 Å². The van der Waals surface area contributed by atoms with Crippen molar-refractivity contribution in [3.63, 3.8) is 0 Å². The van der Waals surface area contributed by atoms with Crippen LogP contribution in [-0.4, -0.2) is 68.2 Å². The first-order valence-corrected chi connectivity index (χ1v) is 8.28. The van der Waals surface area contributed by atoms with Crippen molar-refractivity contribution in [2.45, 2.75) is 19.0 Å². The van der Waals surface area contributed by atoms with Gasteiger partial charge in [-0.25, -0.2) is 4.39 Å². The first-order valence-electron chi connectivity index (χ1n) is 8.28. The molecule has 2 heterocycles. The van der Waals surface area contributed by atoms with Crippen LogP contribution in [0.15, 0.2) is 29.3 Å².